The molecule has 128 valence electrons. The van der Waals surface area contributed by atoms with E-state index in [4.69, 9.17) is 4.84 Å². The van der Waals surface area contributed by atoms with Gasteiger partial charge in [0.15, 0.2) is 6.10 Å². The van der Waals surface area contributed by atoms with Gasteiger partial charge in [0.1, 0.15) is 0 Å². The summed E-state index contributed by atoms with van der Waals surface area (Å²) in [6.07, 6.45) is 0.407. The van der Waals surface area contributed by atoms with E-state index in [-0.39, 0.29) is 23.2 Å². The number of nitrogens with one attached hydrogen (secondary N) is 1. The summed E-state index contributed by atoms with van der Waals surface area (Å²) in [4.78, 5) is 19.4. The standard InChI is InChI=1S/C14H29N5O3/c1-13(2,3)15-12(20)18-9-8-11(10-18)22-16-19(21)17(7)14(4,5)6/h11H,8-10H2,1-7H3,(H,15,20)/b19-16+/t11-/m1/s1. The molecule has 1 fully saturated rings. The number of carbonyl (C=O) groups excluding carboxylic acids is 1. The highest BCUT2D eigenvalue weighted by molar-refractivity contribution is 5.75. The fourth-order valence-corrected chi connectivity index (χ4v) is 1.82. The van der Waals surface area contributed by atoms with E-state index in [9.17, 15) is 10.0 Å². The summed E-state index contributed by atoms with van der Waals surface area (Å²) in [6.45, 7) is 12.5. The lowest BCUT2D eigenvalue weighted by molar-refractivity contribution is -0.720. The molecular weight excluding hydrogens is 286 g/mol. The van der Waals surface area contributed by atoms with Crippen LogP contribution in [-0.4, -0.2) is 58.2 Å². The van der Waals surface area contributed by atoms with Gasteiger partial charge in [-0.25, -0.2) is 4.79 Å². The molecule has 0 aromatic heterocycles. The predicted octanol–water partition coefficient (Wildman–Crippen LogP) is 2.11. The first kappa shape index (κ1) is 18.3. The molecule has 0 bridgehead atoms. The number of hydrazine groups is 1. The summed E-state index contributed by atoms with van der Waals surface area (Å²) in [5.74, 6) is 0. The van der Waals surface area contributed by atoms with E-state index in [1.807, 2.05) is 41.5 Å². The summed E-state index contributed by atoms with van der Waals surface area (Å²) in [7, 11) is 1.65. The Bertz CT molecular complexity index is 425. The van der Waals surface area contributed by atoms with Gasteiger partial charge in [0, 0.05) is 18.5 Å². The molecule has 0 saturated carbocycles. The lowest BCUT2D eigenvalue weighted by Crippen LogP contribution is -2.48. The molecule has 1 atom stereocenters. The van der Waals surface area contributed by atoms with Crippen molar-refractivity contribution >= 4 is 6.03 Å². The summed E-state index contributed by atoms with van der Waals surface area (Å²) in [5.41, 5.74) is -0.620. The number of amides is 2. The van der Waals surface area contributed by atoms with Gasteiger partial charge in [0.05, 0.1) is 24.1 Å². The van der Waals surface area contributed by atoms with Crippen LogP contribution >= 0.6 is 0 Å². The fraction of sp³-hybridized carbons (Fsp3) is 0.929. The largest absolute Gasteiger partial charge is 0.569 e. The van der Waals surface area contributed by atoms with E-state index >= 15 is 0 Å². The Balaban J connectivity index is 2.49. The molecule has 2 amide bonds. The van der Waals surface area contributed by atoms with Crippen LogP contribution in [0.1, 0.15) is 48.0 Å². The molecule has 1 aliphatic heterocycles. The molecule has 22 heavy (non-hydrogen) atoms. The third kappa shape index (κ3) is 5.57. The van der Waals surface area contributed by atoms with E-state index in [0.717, 1.165) is 0 Å². The first-order valence-electron chi connectivity index (χ1n) is 7.55. The monoisotopic (exact) mass is 315 g/mol. The summed E-state index contributed by atoms with van der Waals surface area (Å²) in [6, 6.07) is -0.121. The maximum atomic E-state index is 12.0. The first-order valence-corrected chi connectivity index (χ1v) is 7.55. The van der Waals surface area contributed by atoms with Crippen molar-refractivity contribution in [3.63, 3.8) is 0 Å². The number of hydrogen-bond donors (Lipinski definition) is 1. The molecule has 0 unspecified atom stereocenters. The summed E-state index contributed by atoms with van der Waals surface area (Å²) >= 11 is 0. The van der Waals surface area contributed by atoms with Crippen molar-refractivity contribution in [1.29, 1.82) is 0 Å². The molecule has 0 radical (unpaired) electrons. The number of likely N-dealkylation sites (tertiary alicyclic amines) is 1. The predicted molar refractivity (Wildman–Crippen MR) is 82.9 cm³/mol. The average molecular weight is 315 g/mol. The van der Waals surface area contributed by atoms with Crippen LogP contribution in [0.4, 0.5) is 4.79 Å². The Kier molecular flexibility index (Phi) is 5.48. The number of nitrogens with zero attached hydrogens (tertiary/aromatic N) is 4. The topological polar surface area (TPSA) is 83.2 Å². The summed E-state index contributed by atoms with van der Waals surface area (Å²) in [5, 5.41) is 19.7. The molecule has 0 spiro atoms. The van der Waals surface area contributed by atoms with E-state index in [1.165, 1.54) is 5.01 Å². The highest BCUT2D eigenvalue weighted by Crippen LogP contribution is 2.15. The van der Waals surface area contributed by atoms with Gasteiger partial charge in [-0.05, 0) is 41.5 Å². The van der Waals surface area contributed by atoms with Gasteiger partial charge in [0.25, 0.3) is 0 Å². The van der Waals surface area contributed by atoms with Gasteiger partial charge >= 0.3 is 6.03 Å². The second-order valence-electron chi connectivity index (χ2n) is 7.67. The van der Waals surface area contributed by atoms with Crippen molar-refractivity contribution in [2.75, 3.05) is 20.1 Å². The van der Waals surface area contributed by atoms with Crippen LogP contribution in [0.2, 0.25) is 0 Å². The number of carbonyl (C=O) groups is 1. The van der Waals surface area contributed by atoms with Crippen molar-refractivity contribution in [1.82, 2.24) is 15.2 Å². The van der Waals surface area contributed by atoms with Crippen LogP contribution in [0.25, 0.3) is 0 Å². The Hall–Kier alpha value is -1.73. The zero-order valence-electron chi connectivity index (χ0n) is 14.7. The highest BCUT2D eigenvalue weighted by Gasteiger charge is 2.31. The Labute approximate surface area is 132 Å². The first-order chi connectivity index (χ1) is 9.90. The molecule has 8 heteroatoms. The number of hydrogen-bond acceptors (Lipinski definition) is 4. The zero-order valence-corrected chi connectivity index (χ0v) is 14.7. The van der Waals surface area contributed by atoms with Gasteiger partial charge in [-0.2, -0.15) is 0 Å². The quantitative estimate of drug-likeness (QED) is 0.491. The Morgan fingerprint density at radius 3 is 2.45 bits per heavy atom. The molecule has 0 aromatic carbocycles. The number of rotatable bonds is 3. The fourth-order valence-electron chi connectivity index (χ4n) is 1.82. The summed E-state index contributed by atoms with van der Waals surface area (Å²) < 4.78 is 0. The van der Waals surface area contributed by atoms with Crippen molar-refractivity contribution in [2.24, 2.45) is 5.28 Å². The van der Waals surface area contributed by atoms with Crippen molar-refractivity contribution in [3.05, 3.63) is 5.21 Å². The van der Waals surface area contributed by atoms with Crippen LogP contribution in [-0.2, 0) is 4.84 Å². The third-order valence-corrected chi connectivity index (χ3v) is 3.41. The second kappa shape index (κ2) is 6.58. The molecule has 1 saturated heterocycles. The van der Waals surface area contributed by atoms with Gasteiger partial charge in [-0.1, -0.05) is 0 Å². The SMILES string of the molecule is CN(/[N+]([O-])=N\O[C@@H]1CCN(C(=O)NC(C)(C)C)C1)C(C)(C)C. The van der Waals surface area contributed by atoms with Crippen molar-refractivity contribution in [3.8, 4) is 0 Å². The van der Waals surface area contributed by atoms with Gasteiger partial charge in [-0.3, -0.25) is 0 Å². The van der Waals surface area contributed by atoms with E-state index in [1.54, 1.807) is 11.9 Å². The smallest absolute Gasteiger partial charge is 0.317 e. The second-order valence-corrected chi connectivity index (χ2v) is 7.67. The van der Waals surface area contributed by atoms with E-state index < -0.39 is 0 Å². The maximum Gasteiger partial charge on any atom is 0.317 e. The van der Waals surface area contributed by atoms with Crippen LogP contribution in [0, 0.1) is 5.21 Å². The minimum Gasteiger partial charge on any atom is -0.569 e. The third-order valence-electron chi connectivity index (χ3n) is 3.41. The molecule has 1 N–H and O–H groups in total. The molecule has 1 aliphatic rings. The van der Waals surface area contributed by atoms with Gasteiger partial charge in [0.2, 0.25) is 5.28 Å². The maximum absolute atomic E-state index is 12.0. The van der Waals surface area contributed by atoms with Crippen molar-refractivity contribution in [2.45, 2.75) is 65.1 Å². The normalized spacial score (nSPS) is 20.0. The lowest BCUT2D eigenvalue weighted by atomic mass is 10.1. The molecule has 1 rings (SSSR count). The van der Waals surface area contributed by atoms with Crippen LogP contribution < -0.4 is 5.32 Å². The molecule has 0 aliphatic carbocycles. The van der Waals surface area contributed by atoms with Crippen molar-refractivity contribution < 1.29 is 14.6 Å². The van der Waals surface area contributed by atoms with Crippen LogP contribution in [0.5, 0.6) is 0 Å². The number of urea groups is 1. The molecule has 8 nitrogen and oxygen atoms in total. The Morgan fingerprint density at radius 1 is 1.36 bits per heavy atom. The highest BCUT2D eigenvalue weighted by atomic mass is 16.7. The average Bonchev–Trinajstić information content (AvgIpc) is 2.80. The molecule has 1 heterocycles. The van der Waals surface area contributed by atoms with Crippen LogP contribution in [0.15, 0.2) is 5.28 Å². The van der Waals surface area contributed by atoms with E-state index in [2.05, 4.69) is 10.6 Å². The molecule has 0 aromatic rings. The minimum atomic E-state index is -0.344. The van der Waals surface area contributed by atoms with Gasteiger partial charge in [-0.15, -0.1) is 5.01 Å². The molecular formula is C14H29N5O3. The van der Waals surface area contributed by atoms with Gasteiger partial charge < -0.3 is 20.3 Å². The van der Waals surface area contributed by atoms with Crippen LogP contribution in [0.3, 0.4) is 0 Å². The Morgan fingerprint density at radius 2 is 1.95 bits per heavy atom. The lowest BCUT2D eigenvalue weighted by Gasteiger charge is -2.26. The minimum absolute atomic E-state index is 0.121. The van der Waals surface area contributed by atoms with E-state index in [0.29, 0.717) is 24.5 Å². The zero-order chi connectivity index (χ0) is 17.1.